The van der Waals surface area contributed by atoms with Crippen molar-refractivity contribution in [2.45, 2.75) is 0 Å². The standard InChI is InChI=1S/C14H13NO8/c1-21-12-9(16)13(22-2)11(18)14(10(12)17)23-8-5-3-7(4-6-8)15(19)20/h3-6,16-18H,1-2H3. The first-order valence-electron chi connectivity index (χ1n) is 6.21. The van der Waals surface area contributed by atoms with Gasteiger partial charge in [0.2, 0.25) is 34.5 Å². The molecule has 0 amide bonds. The van der Waals surface area contributed by atoms with Crippen molar-refractivity contribution in [3.63, 3.8) is 0 Å². The Kier molecular flexibility index (Phi) is 4.30. The molecule has 0 heterocycles. The van der Waals surface area contributed by atoms with Crippen molar-refractivity contribution in [3.05, 3.63) is 34.4 Å². The molecule has 0 aliphatic heterocycles. The fourth-order valence-corrected chi connectivity index (χ4v) is 1.88. The van der Waals surface area contributed by atoms with Crippen molar-refractivity contribution in [2.24, 2.45) is 0 Å². The molecule has 2 aromatic carbocycles. The van der Waals surface area contributed by atoms with Gasteiger partial charge < -0.3 is 29.5 Å². The molecule has 0 spiro atoms. The number of rotatable bonds is 5. The topological polar surface area (TPSA) is 132 Å². The number of hydrogen-bond donors (Lipinski definition) is 3. The van der Waals surface area contributed by atoms with Gasteiger partial charge in [-0.1, -0.05) is 0 Å². The average molecular weight is 323 g/mol. The van der Waals surface area contributed by atoms with Crippen molar-refractivity contribution in [2.75, 3.05) is 14.2 Å². The van der Waals surface area contributed by atoms with Crippen molar-refractivity contribution in [1.82, 2.24) is 0 Å². The van der Waals surface area contributed by atoms with E-state index in [-0.39, 0.29) is 22.9 Å². The molecule has 3 N–H and O–H groups in total. The lowest BCUT2D eigenvalue weighted by molar-refractivity contribution is -0.384. The summed E-state index contributed by atoms with van der Waals surface area (Å²) in [6, 6.07) is 4.95. The quantitative estimate of drug-likeness (QED) is 0.565. The number of benzene rings is 2. The Morgan fingerprint density at radius 2 is 1.30 bits per heavy atom. The van der Waals surface area contributed by atoms with Crippen LogP contribution in [0.5, 0.6) is 40.2 Å². The fourth-order valence-electron chi connectivity index (χ4n) is 1.88. The van der Waals surface area contributed by atoms with E-state index in [4.69, 9.17) is 14.2 Å². The van der Waals surface area contributed by atoms with E-state index in [9.17, 15) is 25.4 Å². The predicted molar refractivity (Wildman–Crippen MR) is 77.7 cm³/mol. The summed E-state index contributed by atoms with van der Waals surface area (Å²) in [5.41, 5.74) is -0.147. The zero-order valence-electron chi connectivity index (χ0n) is 12.1. The highest BCUT2D eigenvalue weighted by Crippen LogP contribution is 2.56. The van der Waals surface area contributed by atoms with Crippen LogP contribution in [-0.2, 0) is 0 Å². The molecular formula is C14H13NO8. The number of phenols is 3. The Morgan fingerprint density at radius 1 is 0.870 bits per heavy atom. The second-order valence-electron chi connectivity index (χ2n) is 4.29. The predicted octanol–water partition coefficient (Wildman–Crippen LogP) is 2.52. The first kappa shape index (κ1) is 16.0. The van der Waals surface area contributed by atoms with Crippen molar-refractivity contribution in [3.8, 4) is 40.2 Å². The third kappa shape index (κ3) is 2.84. The maximum absolute atomic E-state index is 10.6. The van der Waals surface area contributed by atoms with Crippen LogP contribution in [0.1, 0.15) is 0 Å². The van der Waals surface area contributed by atoms with Gasteiger partial charge in [0.1, 0.15) is 5.75 Å². The van der Waals surface area contributed by atoms with Gasteiger partial charge in [-0.2, -0.15) is 0 Å². The molecule has 9 heteroatoms. The molecular weight excluding hydrogens is 310 g/mol. The summed E-state index contributed by atoms with van der Waals surface area (Å²) in [5, 5.41) is 40.5. The van der Waals surface area contributed by atoms with E-state index in [1.807, 2.05) is 0 Å². The number of nitrogens with zero attached hydrogens (tertiary/aromatic N) is 1. The van der Waals surface area contributed by atoms with E-state index in [1.165, 1.54) is 38.5 Å². The van der Waals surface area contributed by atoms with Crippen LogP contribution in [0.15, 0.2) is 24.3 Å². The van der Waals surface area contributed by atoms with Crippen molar-refractivity contribution < 1.29 is 34.5 Å². The molecule has 0 fully saturated rings. The van der Waals surface area contributed by atoms with Crippen LogP contribution in [0.3, 0.4) is 0 Å². The Bertz CT molecular complexity index is 710. The lowest BCUT2D eigenvalue weighted by Crippen LogP contribution is -1.94. The molecule has 0 atom stereocenters. The Labute approximate surface area is 130 Å². The number of methoxy groups -OCH3 is 2. The zero-order chi connectivity index (χ0) is 17.1. The summed E-state index contributed by atoms with van der Waals surface area (Å²) >= 11 is 0. The summed E-state index contributed by atoms with van der Waals surface area (Å²) in [5.74, 6) is -2.92. The van der Waals surface area contributed by atoms with Crippen LogP contribution < -0.4 is 14.2 Å². The SMILES string of the molecule is COc1c(O)c(OC)c(O)c(Oc2ccc([N+](=O)[O-])cc2)c1O. The summed E-state index contributed by atoms with van der Waals surface area (Å²) in [6.45, 7) is 0. The lowest BCUT2D eigenvalue weighted by Gasteiger charge is -2.16. The highest BCUT2D eigenvalue weighted by molar-refractivity contribution is 5.72. The zero-order valence-corrected chi connectivity index (χ0v) is 12.1. The number of non-ortho nitro benzene ring substituents is 1. The monoisotopic (exact) mass is 323 g/mol. The van der Waals surface area contributed by atoms with Crippen LogP contribution in [-0.4, -0.2) is 34.5 Å². The summed E-state index contributed by atoms with van der Waals surface area (Å²) < 4.78 is 15.0. The third-order valence-corrected chi connectivity index (χ3v) is 2.97. The van der Waals surface area contributed by atoms with E-state index in [0.29, 0.717) is 0 Å². The van der Waals surface area contributed by atoms with Gasteiger partial charge in [0.15, 0.2) is 0 Å². The minimum absolute atomic E-state index is 0.107. The number of hydrogen-bond acceptors (Lipinski definition) is 8. The van der Waals surface area contributed by atoms with E-state index in [1.54, 1.807) is 0 Å². The van der Waals surface area contributed by atoms with Gasteiger partial charge in [-0.25, -0.2) is 0 Å². The Hall–Kier alpha value is -3.36. The second-order valence-corrected chi connectivity index (χ2v) is 4.29. The largest absolute Gasteiger partial charge is 0.501 e. The normalized spacial score (nSPS) is 10.2. The number of ether oxygens (including phenoxy) is 3. The van der Waals surface area contributed by atoms with Crippen molar-refractivity contribution in [1.29, 1.82) is 0 Å². The molecule has 23 heavy (non-hydrogen) atoms. The first-order chi connectivity index (χ1) is 10.9. The number of phenolic OH excluding ortho intramolecular Hbond substituents is 3. The van der Waals surface area contributed by atoms with Crippen LogP contribution in [0, 0.1) is 10.1 Å². The molecule has 0 saturated heterocycles. The second kappa shape index (κ2) is 6.18. The number of aromatic hydroxyl groups is 3. The fraction of sp³-hybridized carbons (Fsp3) is 0.143. The van der Waals surface area contributed by atoms with Gasteiger partial charge in [0, 0.05) is 12.1 Å². The highest BCUT2D eigenvalue weighted by Gasteiger charge is 2.27. The highest BCUT2D eigenvalue weighted by atomic mass is 16.6. The molecule has 0 aliphatic rings. The van der Waals surface area contributed by atoms with Gasteiger partial charge >= 0.3 is 0 Å². The number of nitro benzene ring substituents is 1. The van der Waals surface area contributed by atoms with Crippen LogP contribution in [0.2, 0.25) is 0 Å². The van der Waals surface area contributed by atoms with Gasteiger partial charge in [0.05, 0.1) is 19.1 Å². The molecule has 0 bridgehead atoms. The molecule has 0 aliphatic carbocycles. The minimum Gasteiger partial charge on any atom is -0.501 e. The molecule has 9 nitrogen and oxygen atoms in total. The minimum atomic E-state index is -0.651. The first-order valence-corrected chi connectivity index (χ1v) is 6.21. The smallest absolute Gasteiger partial charge is 0.269 e. The van der Waals surface area contributed by atoms with E-state index >= 15 is 0 Å². The lowest BCUT2D eigenvalue weighted by atomic mass is 10.2. The summed E-state index contributed by atoms with van der Waals surface area (Å²) in [4.78, 5) is 10.0. The number of nitro groups is 1. The van der Waals surface area contributed by atoms with E-state index < -0.39 is 27.9 Å². The van der Waals surface area contributed by atoms with Crippen LogP contribution >= 0.6 is 0 Å². The molecule has 0 saturated carbocycles. The molecule has 2 rings (SSSR count). The molecule has 0 unspecified atom stereocenters. The van der Waals surface area contributed by atoms with Crippen molar-refractivity contribution >= 4 is 5.69 Å². The maximum atomic E-state index is 10.6. The van der Waals surface area contributed by atoms with Gasteiger partial charge in [-0.15, -0.1) is 0 Å². The average Bonchev–Trinajstić information content (AvgIpc) is 2.53. The third-order valence-electron chi connectivity index (χ3n) is 2.97. The Balaban J connectivity index is 2.48. The van der Waals surface area contributed by atoms with Gasteiger partial charge in [-0.3, -0.25) is 10.1 Å². The Morgan fingerprint density at radius 3 is 1.70 bits per heavy atom. The van der Waals surface area contributed by atoms with Crippen LogP contribution in [0.25, 0.3) is 0 Å². The molecule has 122 valence electrons. The van der Waals surface area contributed by atoms with Gasteiger partial charge in [-0.05, 0) is 12.1 Å². The summed E-state index contributed by atoms with van der Waals surface area (Å²) in [7, 11) is 2.39. The maximum Gasteiger partial charge on any atom is 0.269 e. The molecule has 0 aromatic heterocycles. The molecule has 2 aromatic rings. The van der Waals surface area contributed by atoms with Crippen LogP contribution in [0.4, 0.5) is 5.69 Å². The summed E-state index contributed by atoms with van der Waals surface area (Å²) in [6.07, 6.45) is 0. The van der Waals surface area contributed by atoms with E-state index in [0.717, 1.165) is 0 Å². The van der Waals surface area contributed by atoms with Gasteiger partial charge in [0.25, 0.3) is 5.69 Å². The molecule has 0 radical (unpaired) electrons. The van der Waals surface area contributed by atoms with E-state index in [2.05, 4.69) is 0 Å².